The Kier molecular flexibility index (Phi) is 4.23. The third-order valence-electron chi connectivity index (χ3n) is 2.51. The summed E-state index contributed by atoms with van der Waals surface area (Å²) in [5.74, 6) is 0. The third kappa shape index (κ3) is 3.61. The van der Waals surface area contributed by atoms with Crippen LogP contribution in [0.15, 0.2) is 41.1 Å². The fourth-order valence-electron chi connectivity index (χ4n) is 1.52. The molecule has 0 radical (unpaired) electrons. The molecule has 2 aromatic rings. The quantitative estimate of drug-likeness (QED) is 0.941. The lowest BCUT2D eigenvalue weighted by atomic mass is 10.2. The lowest BCUT2D eigenvalue weighted by Gasteiger charge is -2.06. The molecule has 3 nitrogen and oxygen atoms in total. The van der Waals surface area contributed by atoms with Crippen LogP contribution in [-0.4, -0.2) is 9.97 Å². The van der Waals surface area contributed by atoms with Gasteiger partial charge >= 0.3 is 0 Å². The van der Waals surface area contributed by atoms with Crippen LogP contribution in [0, 0.1) is 6.92 Å². The molecule has 0 aliphatic heterocycles. The molecule has 0 bridgehead atoms. The summed E-state index contributed by atoms with van der Waals surface area (Å²) in [4.78, 5) is 8.64. The highest BCUT2D eigenvalue weighted by atomic mass is 79.9. The fourth-order valence-corrected chi connectivity index (χ4v) is 1.76. The largest absolute Gasteiger partial charge is 0.305 e. The van der Waals surface area contributed by atoms with Gasteiger partial charge in [0.1, 0.15) is 0 Å². The summed E-state index contributed by atoms with van der Waals surface area (Å²) in [5.41, 5.74) is 3.33. The number of aromatic nitrogens is 2. The number of hydrogen-bond donors (Lipinski definition) is 1. The molecule has 0 unspecified atom stereocenters. The van der Waals surface area contributed by atoms with Gasteiger partial charge in [-0.3, -0.25) is 9.97 Å². The summed E-state index contributed by atoms with van der Waals surface area (Å²) >= 11 is 3.37. The molecule has 2 heterocycles. The van der Waals surface area contributed by atoms with Gasteiger partial charge in [-0.15, -0.1) is 0 Å². The molecule has 4 heteroatoms. The van der Waals surface area contributed by atoms with Crippen LogP contribution in [0.3, 0.4) is 0 Å². The second kappa shape index (κ2) is 5.89. The van der Waals surface area contributed by atoms with Gasteiger partial charge in [-0.05, 0) is 46.6 Å². The monoisotopic (exact) mass is 291 g/mol. The summed E-state index contributed by atoms with van der Waals surface area (Å²) in [5, 5.41) is 3.34. The molecule has 0 aliphatic rings. The third-order valence-corrected chi connectivity index (χ3v) is 2.97. The first-order valence-electron chi connectivity index (χ1n) is 5.47. The van der Waals surface area contributed by atoms with Crippen LogP contribution in [-0.2, 0) is 13.1 Å². The van der Waals surface area contributed by atoms with Crippen molar-refractivity contribution in [2.45, 2.75) is 20.0 Å². The van der Waals surface area contributed by atoms with Gasteiger partial charge in [-0.1, -0.05) is 6.07 Å². The van der Waals surface area contributed by atoms with Crippen molar-refractivity contribution in [3.05, 3.63) is 58.1 Å². The van der Waals surface area contributed by atoms with Gasteiger partial charge in [0.2, 0.25) is 0 Å². The van der Waals surface area contributed by atoms with Gasteiger partial charge in [-0.2, -0.15) is 0 Å². The minimum Gasteiger partial charge on any atom is -0.305 e. The Morgan fingerprint density at radius 2 is 2.06 bits per heavy atom. The highest BCUT2D eigenvalue weighted by Crippen LogP contribution is 2.07. The minimum atomic E-state index is 0.753. The molecule has 0 amide bonds. The first-order valence-corrected chi connectivity index (χ1v) is 6.26. The average molecular weight is 292 g/mol. The van der Waals surface area contributed by atoms with E-state index >= 15 is 0 Å². The Hall–Kier alpha value is -1.26. The van der Waals surface area contributed by atoms with Crippen molar-refractivity contribution < 1.29 is 0 Å². The standard InChI is InChI=1S/C13H14BrN3/c1-10-3-2-6-16-13(10)9-15-8-12-5-4-11(14)7-17-12/h2-7,15H,8-9H2,1H3. The Labute approximate surface area is 109 Å². The molecule has 2 aromatic heterocycles. The lowest BCUT2D eigenvalue weighted by Crippen LogP contribution is -2.15. The van der Waals surface area contributed by atoms with Crippen molar-refractivity contribution in [2.24, 2.45) is 0 Å². The highest BCUT2D eigenvalue weighted by Gasteiger charge is 1.99. The summed E-state index contributed by atoms with van der Waals surface area (Å²) in [6.07, 6.45) is 3.63. The van der Waals surface area contributed by atoms with Crippen LogP contribution in [0.5, 0.6) is 0 Å². The van der Waals surface area contributed by atoms with Crippen LogP contribution < -0.4 is 5.32 Å². The van der Waals surface area contributed by atoms with Gasteiger partial charge < -0.3 is 5.32 Å². The van der Waals surface area contributed by atoms with Crippen molar-refractivity contribution in [3.8, 4) is 0 Å². The Morgan fingerprint density at radius 1 is 1.18 bits per heavy atom. The number of aryl methyl sites for hydroxylation is 1. The summed E-state index contributed by atoms with van der Waals surface area (Å²) < 4.78 is 1.00. The minimum absolute atomic E-state index is 0.753. The van der Waals surface area contributed by atoms with Crippen LogP contribution >= 0.6 is 15.9 Å². The molecule has 0 aliphatic carbocycles. The Bertz CT molecular complexity index is 482. The smallest absolute Gasteiger partial charge is 0.0570 e. The molecule has 0 saturated carbocycles. The van der Waals surface area contributed by atoms with Gasteiger partial charge in [0.25, 0.3) is 0 Å². The molecule has 17 heavy (non-hydrogen) atoms. The predicted octanol–water partition coefficient (Wildman–Crippen LogP) is 2.84. The summed E-state index contributed by atoms with van der Waals surface area (Å²) in [7, 11) is 0. The van der Waals surface area contributed by atoms with E-state index in [9.17, 15) is 0 Å². The van der Waals surface area contributed by atoms with E-state index < -0.39 is 0 Å². The van der Waals surface area contributed by atoms with E-state index in [0.29, 0.717) is 0 Å². The molecule has 88 valence electrons. The fraction of sp³-hybridized carbons (Fsp3) is 0.231. The average Bonchev–Trinajstić information content (AvgIpc) is 2.34. The molecule has 2 rings (SSSR count). The van der Waals surface area contributed by atoms with E-state index in [4.69, 9.17) is 0 Å². The first-order chi connectivity index (χ1) is 8.25. The zero-order valence-electron chi connectivity index (χ0n) is 9.65. The van der Waals surface area contributed by atoms with Gasteiger partial charge in [0.15, 0.2) is 0 Å². The maximum atomic E-state index is 4.33. The number of rotatable bonds is 4. The molecule has 0 atom stereocenters. The van der Waals surface area contributed by atoms with Crippen molar-refractivity contribution in [1.82, 2.24) is 15.3 Å². The topological polar surface area (TPSA) is 37.8 Å². The molecule has 0 spiro atoms. The number of pyridine rings is 2. The van der Waals surface area contributed by atoms with E-state index in [1.165, 1.54) is 5.56 Å². The van der Waals surface area contributed by atoms with Crippen molar-refractivity contribution in [1.29, 1.82) is 0 Å². The maximum Gasteiger partial charge on any atom is 0.0570 e. The van der Waals surface area contributed by atoms with Gasteiger partial charge in [0, 0.05) is 30.0 Å². The maximum absolute atomic E-state index is 4.33. The van der Waals surface area contributed by atoms with Crippen molar-refractivity contribution in [2.75, 3.05) is 0 Å². The Morgan fingerprint density at radius 3 is 2.76 bits per heavy atom. The SMILES string of the molecule is Cc1cccnc1CNCc1ccc(Br)cn1. The van der Waals surface area contributed by atoms with Crippen LogP contribution in [0.1, 0.15) is 17.0 Å². The normalized spacial score (nSPS) is 10.5. The van der Waals surface area contributed by atoms with Crippen LogP contribution in [0.25, 0.3) is 0 Å². The zero-order chi connectivity index (χ0) is 12.1. The molecule has 0 saturated heterocycles. The summed E-state index contributed by atoms with van der Waals surface area (Å²) in [6, 6.07) is 8.02. The first kappa shape index (κ1) is 12.2. The van der Waals surface area contributed by atoms with Crippen molar-refractivity contribution in [3.63, 3.8) is 0 Å². The number of hydrogen-bond acceptors (Lipinski definition) is 3. The number of nitrogens with zero attached hydrogens (tertiary/aromatic N) is 2. The van der Waals surface area contributed by atoms with Crippen molar-refractivity contribution >= 4 is 15.9 Å². The molecule has 0 fully saturated rings. The number of nitrogens with one attached hydrogen (secondary N) is 1. The van der Waals surface area contributed by atoms with Gasteiger partial charge in [-0.25, -0.2) is 0 Å². The van der Waals surface area contributed by atoms with E-state index in [2.05, 4.69) is 44.2 Å². The highest BCUT2D eigenvalue weighted by molar-refractivity contribution is 9.10. The van der Waals surface area contributed by atoms with E-state index in [-0.39, 0.29) is 0 Å². The lowest BCUT2D eigenvalue weighted by molar-refractivity contribution is 0.664. The van der Waals surface area contributed by atoms with E-state index in [0.717, 1.165) is 29.0 Å². The van der Waals surface area contributed by atoms with Gasteiger partial charge in [0.05, 0.1) is 11.4 Å². The molecule has 1 N–H and O–H groups in total. The van der Waals surface area contributed by atoms with Crippen LogP contribution in [0.4, 0.5) is 0 Å². The second-order valence-corrected chi connectivity index (χ2v) is 4.75. The predicted molar refractivity (Wildman–Crippen MR) is 71.5 cm³/mol. The molecule has 0 aromatic carbocycles. The Balaban J connectivity index is 1.88. The zero-order valence-corrected chi connectivity index (χ0v) is 11.2. The molecular weight excluding hydrogens is 278 g/mol. The number of halogens is 1. The van der Waals surface area contributed by atoms with E-state index in [1.54, 1.807) is 0 Å². The summed E-state index contributed by atoms with van der Waals surface area (Å²) in [6.45, 7) is 3.59. The molecular formula is C13H14BrN3. The van der Waals surface area contributed by atoms with Crippen LogP contribution in [0.2, 0.25) is 0 Å². The second-order valence-electron chi connectivity index (χ2n) is 3.84. The van der Waals surface area contributed by atoms with E-state index in [1.807, 2.05) is 30.6 Å².